The Morgan fingerprint density at radius 3 is 2.90 bits per heavy atom. The summed E-state index contributed by atoms with van der Waals surface area (Å²) in [5.74, 6) is 2.43. The van der Waals surface area contributed by atoms with E-state index in [1.165, 1.54) is 0 Å². The Kier molecular flexibility index (Phi) is 1.94. The Morgan fingerprint density at radius 1 is 1.70 bits per heavy atom. The highest BCUT2D eigenvalue weighted by Gasteiger charge is 1.94. The van der Waals surface area contributed by atoms with Crippen LogP contribution in [0.5, 0.6) is 0 Å². The first kappa shape index (κ1) is 7.11. The van der Waals surface area contributed by atoms with Gasteiger partial charge in [0.25, 0.3) is 0 Å². The molecule has 0 aromatic carbocycles. The molecule has 0 radical (unpaired) electrons. The van der Waals surface area contributed by atoms with Gasteiger partial charge in [0, 0.05) is 6.20 Å². The van der Waals surface area contributed by atoms with Crippen LogP contribution in [0, 0.1) is 19.3 Å². The minimum Gasteiger partial charge on any atom is -0.246 e. The summed E-state index contributed by atoms with van der Waals surface area (Å²) in [6.07, 6.45) is 6.67. The number of aromatic nitrogens is 1. The summed E-state index contributed by atoms with van der Waals surface area (Å²) in [5, 5.41) is 0.652. The average Bonchev–Trinajstić information content (AvgIpc) is 1.95. The Hall–Kier alpha value is -1.00. The molecule has 2 heteroatoms. The molecule has 0 fully saturated rings. The molecule has 0 aliphatic rings. The van der Waals surface area contributed by atoms with E-state index < -0.39 is 0 Å². The molecule has 0 bridgehead atoms. The number of nitrogens with zero attached hydrogens (tertiary/aromatic N) is 1. The number of pyridine rings is 1. The van der Waals surface area contributed by atoms with Crippen LogP contribution < -0.4 is 0 Å². The molecule has 0 atom stereocenters. The zero-order valence-corrected chi connectivity index (χ0v) is 6.31. The second-order valence-electron chi connectivity index (χ2n) is 1.96. The fourth-order valence-corrected chi connectivity index (χ4v) is 0.722. The minimum absolute atomic E-state index is 0.627. The molecule has 0 aliphatic heterocycles. The topological polar surface area (TPSA) is 12.9 Å². The predicted molar refractivity (Wildman–Crippen MR) is 41.9 cm³/mol. The van der Waals surface area contributed by atoms with Gasteiger partial charge in [0.1, 0.15) is 5.69 Å². The lowest BCUT2D eigenvalue weighted by Crippen LogP contribution is -1.83. The van der Waals surface area contributed by atoms with E-state index in [-0.39, 0.29) is 0 Å². The minimum atomic E-state index is 0.627. The van der Waals surface area contributed by atoms with Crippen LogP contribution in [0.2, 0.25) is 5.02 Å². The molecule has 0 unspecified atom stereocenters. The third-order valence-corrected chi connectivity index (χ3v) is 1.59. The molecule has 0 saturated carbocycles. The maximum absolute atomic E-state index is 5.71. The highest BCUT2D eigenvalue weighted by molar-refractivity contribution is 6.31. The maximum Gasteiger partial charge on any atom is 0.113 e. The van der Waals surface area contributed by atoms with Crippen LogP contribution in [0.3, 0.4) is 0 Å². The molecule has 10 heavy (non-hydrogen) atoms. The van der Waals surface area contributed by atoms with Crippen molar-refractivity contribution in [2.45, 2.75) is 6.92 Å². The molecule has 0 spiro atoms. The molecule has 50 valence electrons. The molecular formula is C8H6ClN. The van der Waals surface area contributed by atoms with Gasteiger partial charge in [-0.05, 0) is 18.6 Å². The largest absolute Gasteiger partial charge is 0.246 e. The van der Waals surface area contributed by atoms with Crippen LogP contribution in [0.15, 0.2) is 12.3 Å². The second kappa shape index (κ2) is 2.72. The molecule has 1 nitrogen and oxygen atoms in total. The summed E-state index contributed by atoms with van der Waals surface area (Å²) < 4.78 is 0. The van der Waals surface area contributed by atoms with Crippen molar-refractivity contribution in [1.29, 1.82) is 0 Å². The fraction of sp³-hybridized carbons (Fsp3) is 0.125. The molecule has 0 aliphatic carbocycles. The van der Waals surface area contributed by atoms with Gasteiger partial charge in [-0.3, -0.25) is 0 Å². The highest BCUT2D eigenvalue weighted by Crippen LogP contribution is 2.12. The number of terminal acetylenes is 1. The molecule has 0 N–H and O–H groups in total. The van der Waals surface area contributed by atoms with Crippen molar-refractivity contribution in [3.8, 4) is 12.3 Å². The lowest BCUT2D eigenvalue weighted by Gasteiger charge is -1.95. The molecule has 1 aromatic rings. The van der Waals surface area contributed by atoms with Crippen molar-refractivity contribution in [3.05, 3.63) is 28.5 Å². The lowest BCUT2D eigenvalue weighted by molar-refractivity contribution is 1.25. The van der Waals surface area contributed by atoms with E-state index in [2.05, 4.69) is 10.9 Å². The van der Waals surface area contributed by atoms with Gasteiger partial charge in [-0.25, -0.2) is 4.98 Å². The van der Waals surface area contributed by atoms with E-state index in [4.69, 9.17) is 18.0 Å². The Bertz CT molecular complexity index is 286. The Morgan fingerprint density at radius 2 is 2.40 bits per heavy atom. The summed E-state index contributed by atoms with van der Waals surface area (Å²) in [5.41, 5.74) is 1.59. The number of hydrogen-bond donors (Lipinski definition) is 0. The van der Waals surface area contributed by atoms with Gasteiger partial charge in [0.15, 0.2) is 0 Å². The van der Waals surface area contributed by atoms with E-state index in [1.807, 2.05) is 6.92 Å². The van der Waals surface area contributed by atoms with Gasteiger partial charge in [0.2, 0.25) is 0 Å². The van der Waals surface area contributed by atoms with Gasteiger partial charge in [-0.15, -0.1) is 6.42 Å². The first-order valence-electron chi connectivity index (χ1n) is 2.83. The number of hydrogen-bond acceptors (Lipinski definition) is 1. The molecule has 1 rings (SSSR count). The maximum atomic E-state index is 5.71. The van der Waals surface area contributed by atoms with E-state index in [9.17, 15) is 0 Å². The third kappa shape index (κ3) is 1.29. The number of halogens is 1. The van der Waals surface area contributed by atoms with Crippen LogP contribution in [0.1, 0.15) is 11.3 Å². The summed E-state index contributed by atoms with van der Waals surface area (Å²) in [6, 6.07) is 1.78. The second-order valence-corrected chi connectivity index (χ2v) is 2.37. The normalized spacial score (nSPS) is 8.90. The zero-order chi connectivity index (χ0) is 7.56. The Balaban J connectivity index is 3.20. The molecule has 1 aromatic heterocycles. The van der Waals surface area contributed by atoms with Gasteiger partial charge >= 0.3 is 0 Å². The van der Waals surface area contributed by atoms with Crippen LogP contribution in [-0.4, -0.2) is 4.98 Å². The SMILES string of the molecule is C#Cc1cc(C)c(Cl)cn1. The van der Waals surface area contributed by atoms with Crippen molar-refractivity contribution in [3.63, 3.8) is 0 Å². The van der Waals surface area contributed by atoms with Crippen LogP contribution in [0.25, 0.3) is 0 Å². The molecule has 1 heterocycles. The standard InChI is InChI=1S/C8H6ClN/c1-3-7-4-6(2)8(9)5-10-7/h1,4-5H,2H3. The van der Waals surface area contributed by atoms with Crippen LogP contribution in [-0.2, 0) is 0 Å². The van der Waals surface area contributed by atoms with Crippen LogP contribution >= 0.6 is 11.6 Å². The first-order valence-corrected chi connectivity index (χ1v) is 3.20. The van der Waals surface area contributed by atoms with Gasteiger partial charge in [0.05, 0.1) is 5.02 Å². The van der Waals surface area contributed by atoms with Crippen molar-refractivity contribution >= 4 is 11.6 Å². The van der Waals surface area contributed by atoms with E-state index in [0.29, 0.717) is 10.7 Å². The van der Waals surface area contributed by atoms with E-state index in [1.54, 1.807) is 12.3 Å². The lowest BCUT2D eigenvalue weighted by atomic mass is 10.2. The first-order chi connectivity index (χ1) is 4.74. The quantitative estimate of drug-likeness (QED) is 0.517. The third-order valence-electron chi connectivity index (χ3n) is 1.19. The summed E-state index contributed by atoms with van der Waals surface area (Å²) in [6.45, 7) is 1.89. The Labute approximate surface area is 65.0 Å². The number of aryl methyl sites for hydroxylation is 1. The monoisotopic (exact) mass is 151 g/mol. The van der Waals surface area contributed by atoms with E-state index >= 15 is 0 Å². The van der Waals surface area contributed by atoms with Crippen molar-refractivity contribution in [2.24, 2.45) is 0 Å². The fourth-order valence-electron chi connectivity index (χ4n) is 0.618. The zero-order valence-electron chi connectivity index (χ0n) is 5.56. The van der Waals surface area contributed by atoms with Crippen LogP contribution in [0.4, 0.5) is 0 Å². The summed E-state index contributed by atoms with van der Waals surface area (Å²) in [7, 11) is 0. The summed E-state index contributed by atoms with van der Waals surface area (Å²) >= 11 is 5.71. The summed E-state index contributed by atoms with van der Waals surface area (Å²) in [4.78, 5) is 3.89. The van der Waals surface area contributed by atoms with Gasteiger partial charge in [-0.1, -0.05) is 17.5 Å². The van der Waals surface area contributed by atoms with Gasteiger partial charge in [-0.2, -0.15) is 0 Å². The molecule has 0 saturated heterocycles. The van der Waals surface area contributed by atoms with Gasteiger partial charge < -0.3 is 0 Å². The van der Waals surface area contributed by atoms with Crippen molar-refractivity contribution in [2.75, 3.05) is 0 Å². The predicted octanol–water partition coefficient (Wildman–Crippen LogP) is 2.02. The van der Waals surface area contributed by atoms with E-state index in [0.717, 1.165) is 5.56 Å². The number of rotatable bonds is 0. The average molecular weight is 152 g/mol. The highest BCUT2D eigenvalue weighted by atomic mass is 35.5. The van der Waals surface area contributed by atoms with Crippen molar-refractivity contribution in [1.82, 2.24) is 4.98 Å². The smallest absolute Gasteiger partial charge is 0.113 e. The molecular weight excluding hydrogens is 146 g/mol. The van der Waals surface area contributed by atoms with Crippen molar-refractivity contribution < 1.29 is 0 Å². The molecule has 0 amide bonds.